The number of aromatic nitrogens is 1. The van der Waals surface area contributed by atoms with Crippen molar-refractivity contribution < 1.29 is 18.7 Å². The Morgan fingerprint density at radius 1 is 1.15 bits per heavy atom. The van der Waals surface area contributed by atoms with Gasteiger partial charge in [-0.2, -0.15) is 0 Å². The molecule has 7 nitrogen and oxygen atoms in total. The summed E-state index contributed by atoms with van der Waals surface area (Å²) in [5.41, 5.74) is 0.148. The van der Waals surface area contributed by atoms with E-state index in [1.54, 1.807) is 39.0 Å². The first-order chi connectivity index (χ1) is 12.7. The molecule has 140 valence electrons. The Kier molecular flexibility index (Phi) is 4.70. The molecule has 0 unspecified atom stereocenters. The maximum absolute atomic E-state index is 12.8. The molecule has 1 aromatic rings. The van der Waals surface area contributed by atoms with E-state index in [4.69, 9.17) is 9.15 Å². The van der Waals surface area contributed by atoms with Gasteiger partial charge in [-0.15, -0.1) is 0 Å². The first-order valence-electron chi connectivity index (χ1n) is 8.45. The van der Waals surface area contributed by atoms with E-state index in [1.165, 1.54) is 19.2 Å². The average Bonchev–Trinajstić information content (AvgIpc) is 2.57. The molecule has 0 N–H and O–H groups in total. The molecule has 0 fully saturated rings. The fraction of sp³-hybridized carbons (Fsp3) is 0.300. The van der Waals surface area contributed by atoms with Crippen LogP contribution >= 0.6 is 0 Å². The summed E-state index contributed by atoms with van der Waals surface area (Å²) in [6, 6.07) is 9.86. The van der Waals surface area contributed by atoms with Gasteiger partial charge in [-0.05, 0) is 45.0 Å². The normalized spacial score (nSPS) is 11.6. The highest BCUT2D eigenvalue weighted by Gasteiger charge is 2.27. The Labute approximate surface area is 155 Å². The van der Waals surface area contributed by atoms with Crippen LogP contribution in [0.5, 0.6) is 0 Å². The van der Waals surface area contributed by atoms with Crippen molar-refractivity contribution in [1.29, 1.82) is 0 Å². The number of benzene rings is 2. The number of likely N-dealkylation sites (N-methyl/N-ethyl adjacent to an activating group) is 1. The molecule has 1 aliphatic carbocycles. The standard InChI is InChI=1S/C20H20N2O5/c1-20(2,3)27-16(24)11-22(4)19(25)17-14(23)10-9-13-18(17)26-15-8-6-5-7-12(15)21-13/h5-10H,11H2,1-4H3. The van der Waals surface area contributed by atoms with E-state index in [9.17, 15) is 14.4 Å². The van der Waals surface area contributed by atoms with Gasteiger partial charge in [-0.3, -0.25) is 14.4 Å². The number of carbonyl (C=O) groups excluding carboxylic acids is 2. The zero-order valence-electron chi connectivity index (χ0n) is 15.6. The number of nitrogens with zero attached hydrogens (tertiary/aromatic N) is 2. The highest BCUT2D eigenvalue weighted by molar-refractivity contribution is 6.01. The van der Waals surface area contributed by atoms with Crippen molar-refractivity contribution in [3.05, 3.63) is 52.2 Å². The van der Waals surface area contributed by atoms with Gasteiger partial charge in [0.2, 0.25) is 0 Å². The van der Waals surface area contributed by atoms with E-state index < -0.39 is 22.9 Å². The van der Waals surface area contributed by atoms with Crippen molar-refractivity contribution in [3.8, 4) is 11.5 Å². The minimum absolute atomic E-state index is 0.0993. The highest BCUT2D eigenvalue weighted by Crippen LogP contribution is 2.27. The van der Waals surface area contributed by atoms with Gasteiger partial charge >= 0.3 is 5.97 Å². The first-order valence-corrected chi connectivity index (χ1v) is 8.45. The average molecular weight is 368 g/mol. The second kappa shape index (κ2) is 6.83. The fourth-order valence-electron chi connectivity index (χ4n) is 2.65. The molecule has 0 spiro atoms. The van der Waals surface area contributed by atoms with Gasteiger partial charge in [0, 0.05) is 7.05 Å². The number of ether oxygens (including phenoxy) is 1. The Hall–Kier alpha value is -3.22. The molecule has 1 aliphatic heterocycles. The number of hydrogen-bond acceptors (Lipinski definition) is 6. The molecule has 0 radical (unpaired) electrons. The lowest BCUT2D eigenvalue weighted by Gasteiger charge is -2.22. The second-order valence-electron chi connectivity index (χ2n) is 7.22. The number of carbonyl (C=O) groups is 2. The van der Waals surface area contributed by atoms with E-state index in [0.29, 0.717) is 16.8 Å². The van der Waals surface area contributed by atoms with Crippen molar-refractivity contribution in [2.45, 2.75) is 26.4 Å². The summed E-state index contributed by atoms with van der Waals surface area (Å²) in [5, 5.41) is 0. The Morgan fingerprint density at radius 2 is 1.85 bits per heavy atom. The quantitative estimate of drug-likeness (QED) is 0.522. The van der Waals surface area contributed by atoms with Crippen LogP contribution in [0.25, 0.3) is 22.6 Å². The molecule has 0 aromatic heterocycles. The molecular formula is C20H20N2O5. The predicted octanol–water partition coefficient (Wildman–Crippen LogP) is 2.71. The van der Waals surface area contributed by atoms with Crippen LogP contribution in [0, 0.1) is 0 Å². The third-order valence-electron chi connectivity index (χ3n) is 3.76. The lowest BCUT2D eigenvalue weighted by molar-refractivity contribution is -0.155. The zero-order chi connectivity index (χ0) is 19.8. The van der Waals surface area contributed by atoms with Gasteiger partial charge < -0.3 is 14.1 Å². The molecule has 0 atom stereocenters. The number of amides is 1. The van der Waals surface area contributed by atoms with Gasteiger partial charge in [0.1, 0.15) is 28.9 Å². The molecule has 0 saturated carbocycles. The van der Waals surface area contributed by atoms with Crippen LogP contribution in [0.1, 0.15) is 31.1 Å². The van der Waals surface area contributed by atoms with Crippen LogP contribution in [0.3, 0.4) is 0 Å². The summed E-state index contributed by atoms with van der Waals surface area (Å²) >= 11 is 0. The van der Waals surface area contributed by atoms with E-state index in [-0.39, 0.29) is 17.9 Å². The second-order valence-corrected chi connectivity index (χ2v) is 7.22. The van der Waals surface area contributed by atoms with Crippen LogP contribution < -0.4 is 5.43 Å². The third kappa shape index (κ3) is 3.97. The molecule has 7 heteroatoms. The van der Waals surface area contributed by atoms with Crippen LogP contribution in [0.4, 0.5) is 0 Å². The summed E-state index contributed by atoms with van der Waals surface area (Å²) in [4.78, 5) is 42.8. The molecule has 1 amide bonds. The van der Waals surface area contributed by atoms with Crippen LogP contribution in [0.15, 0.2) is 45.6 Å². The minimum Gasteiger partial charge on any atom is -0.459 e. The van der Waals surface area contributed by atoms with Crippen molar-refractivity contribution in [1.82, 2.24) is 9.88 Å². The van der Waals surface area contributed by atoms with E-state index in [1.807, 2.05) is 6.07 Å². The number of esters is 1. The predicted molar refractivity (Wildman–Crippen MR) is 99.7 cm³/mol. The number of para-hydroxylation sites is 2. The Balaban J connectivity index is 1.99. The molecule has 3 rings (SSSR count). The maximum atomic E-state index is 12.8. The molecule has 1 aromatic carbocycles. The summed E-state index contributed by atoms with van der Waals surface area (Å²) in [6.45, 7) is 4.93. The topological polar surface area (TPSA) is 89.7 Å². The monoisotopic (exact) mass is 368 g/mol. The SMILES string of the molecule is CN(CC(=O)OC(C)(C)C)C(=O)c1c2oc3ccccc3nc-2ccc1=O. The van der Waals surface area contributed by atoms with E-state index in [2.05, 4.69) is 4.98 Å². The van der Waals surface area contributed by atoms with Crippen molar-refractivity contribution in [2.24, 2.45) is 0 Å². The van der Waals surface area contributed by atoms with Crippen LogP contribution in [0.2, 0.25) is 0 Å². The summed E-state index contributed by atoms with van der Waals surface area (Å²) in [6.07, 6.45) is 0. The summed E-state index contributed by atoms with van der Waals surface area (Å²) in [7, 11) is 1.43. The van der Waals surface area contributed by atoms with Crippen LogP contribution in [-0.4, -0.2) is 41.0 Å². The fourth-order valence-corrected chi connectivity index (χ4v) is 2.65. The van der Waals surface area contributed by atoms with Gasteiger partial charge in [-0.25, -0.2) is 4.98 Å². The minimum atomic E-state index is -0.664. The van der Waals surface area contributed by atoms with Crippen LogP contribution in [-0.2, 0) is 9.53 Å². The van der Waals surface area contributed by atoms with Crippen molar-refractivity contribution in [3.63, 3.8) is 0 Å². The number of fused-ring (bicyclic) bond motifs is 2. The Bertz CT molecular complexity index is 1050. The number of hydrogen-bond donors (Lipinski definition) is 0. The lowest BCUT2D eigenvalue weighted by Crippen LogP contribution is -2.38. The smallest absolute Gasteiger partial charge is 0.326 e. The number of rotatable bonds is 3. The van der Waals surface area contributed by atoms with Crippen molar-refractivity contribution >= 4 is 23.0 Å². The molecule has 0 bridgehead atoms. The van der Waals surface area contributed by atoms with Gasteiger partial charge in [0.05, 0.1) is 0 Å². The zero-order valence-corrected chi connectivity index (χ0v) is 15.6. The molecule has 1 heterocycles. The molecule has 0 saturated heterocycles. The van der Waals surface area contributed by atoms with Gasteiger partial charge in [0.25, 0.3) is 5.91 Å². The lowest BCUT2D eigenvalue weighted by atomic mass is 10.1. The molecule has 2 aliphatic rings. The summed E-state index contributed by atoms with van der Waals surface area (Å²) < 4.78 is 11.0. The highest BCUT2D eigenvalue weighted by atomic mass is 16.6. The summed E-state index contributed by atoms with van der Waals surface area (Å²) in [5.74, 6) is -1.09. The molecular weight excluding hydrogens is 348 g/mol. The largest absolute Gasteiger partial charge is 0.459 e. The van der Waals surface area contributed by atoms with Gasteiger partial charge in [-0.1, -0.05) is 12.1 Å². The van der Waals surface area contributed by atoms with E-state index in [0.717, 1.165) is 4.90 Å². The van der Waals surface area contributed by atoms with E-state index >= 15 is 0 Å². The molecule has 27 heavy (non-hydrogen) atoms. The third-order valence-corrected chi connectivity index (χ3v) is 3.76. The van der Waals surface area contributed by atoms with Gasteiger partial charge in [0.15, 0.2) is 16.8 Å². The first kappa shape index (κ1) is 18.6. The Morgan fingerprint density at radius 3 is 2.56 bits per heavy atom. The van der Waals surface area contributed by atoms with Crippen molar-refractivity contribution in [2.75, 3.05) is 13.6 Å². The maximum Gasteiger partial charge on any atom is 0.326 e.